The Morgan fingerprint density at radius 1 is 1.25 bits per heavy atom. The fraction of sp³-hybridized carbons (Fsp3) is 0.0667. The van der Waals surface area contributed by atoms with Gasteiger partial charge >= 0.3 is 5.97 Å². The number of phenols is 1. The summed E-state index contributed by atoms with van der Waals surface area (Å²) in [5.74, 6) is -0.455. The topological polar surface area (TPSA) is 74.8 Å². The van der Waals surface area contributed by atoms with E-state index >= 15 is 0 Å². The molecule has 5 nitrogen and oxygen atoms in total. The van der Waals surface area contributed by atoms with Crippen LogP contribution in [-0.2, 0) is 0 Å². The summed E-state index contributed by atoms with van der Waals surface area (Å²) in [7, 11) is 0. The fourth-order valence-electron chi connectivity index (χ4n) is 2.30. The van der Waals surface area contributed by atoms with E-state index in [-0.39, 0.29) is 11.4 Å². The van der Waals surface area contributed by atoms with E-state index in [0.717, 1.165) is 5.56 Å². The van der Waals surface area contributed by atoms with Crippen molar-refractivity contribution in [1.82, 2.24) is 9.38 Å². The normalized spacial score (nSPS) is 10.8. The standard InChI is InChI=1S/C15H12N2O3/c1-9-4-3-7-17-13(9)12(15(19)20)16-14(17)10-5-2-6-11(18)8-10/h2-8,18H,1H3,(H,19,20). The average Bonchev–Trinajstić information content (AvgIpc) is 2.80. The molecule has 1 aromatic carbocycles. The second kappa shape index (κ2) is 4.38. The lowest BCUT2D eigenvalue weighted by molar-refractivity contribution is 0.0693. The number of rotatable bonds is 2. The second-order valence-electron chi connectivity index (χ2n) is 4.55. The molecule has 0 saturated carbocycles. The van der Waals surface area contributed by atoms with Gasteiger partial charge in [-0.05, 0) is 30.7 Å². The van der Waals surface area contributed by atoms with Crippen LogP contribution in [0.5, 0.6) is 5.75 Å². The summed E-state index contributed by atoms with van der Waals surface area (Å²) < 4.78 is 1.73. The number of carbonyl (C=O) groups is 1. The van der Waals surface area contributed by atoms with Crippen molar-refractivity contribution in [3.8, 4) is 17.1 Å². The lowest BCUT2D eigenvalue weighted by atomic mass is 10.2. The molecule has 0 bridgehead atoms. The number of fused-ring (bicyclic) bond motifs is 1. The summed E-state index contributed by atoms with van der Waals surface area (Å²) in [6.45, 7) is 1.84. The molecule has 100 valence electrons. The highest BCUT2D eigenvalue weighted by molar-refractivity contribution is 5.96. The van der Waals surface area contributed by atoms with Crippen LogP contribution in [-0.4, -0.2) is 25.6 Å². The van der Waals surface area contributed by atoms with E-state index in [1.807, 2.05) is 19.1 Å². The summed E-state index contributed by atoms with van der Waals surface area (Å²) in [6.07, 6.45) is 1.77. The monoisotopic (exact) mass is 268 g/mol. The summed E-state index contributed by atoms with van der Waals surface area (Å²) >= 11 is 0. The van der Waals surface area contributed by atoms with Crippen LogP contribution >= 0.6 is 0 Å². The summed E-state index contributed by atoms with van der Waals surface area (Å²) in [5, 5.41) is 18.9. The number of carboxylic acid groups (broad SMARTS) is 1. The van der Waals surface area contributed by atoms with Crippen LogP contribution in [0.3, 0.4) is 0 Å². The van der Waals surface area contributed by atoms with Crippen LogP contribution < -0.4 is 0 Å². The Kier molecular flexibility index (Phi) is 2.68. The molecule has 0 spiro atoms. The molecule has 0 radical (unpaired) electrons. The lowest BCUT2D eigenvalue weighted by Gasteiger charge is -2.03. The Labute approximate surface area is 114 Å². The molecule has 3 rings (SSSR count). The number of aryl methyl sites for hydroxylation is 1. The number of aromatic nitrogens is 2. The number of phenolic OH excluding ortho intramolecular Hbond substituents is 1. The van der Waals surface area contributed by atoms with Crippen LogP contribution in [0, 0.1) is 6.92 Å². The third-order valence-corrected chi connectivity index (χ3v) is 3.17. The first-order chi connectivity index (χ1) is 9.58. The molecule has 0 aliphatic rings. The molecule has 0 aliphatic carbocycles. The first-order valence-electron chi connectivity index (χ1n) is 6.08. The van der Waals surface area contributed by atoms with E-state index in [0.29, 0.717) is 16.9 Å². The molecule has 0 fully saturated rings. The van der Waals surface area contributed by atoms with Gasteiger partial charge in [-0.15, -0.1) is 0 Å². The minimum absolute atomic E-state index is 0.0152. The Balaban J connectivity index is 2.38. The van der Waals surface area contributed by atoms with Crippen LogP contribution in [0.1, 0.15) is 16.1 Å². The molecular weight excluding hydrogens is 256 g/mol. The Morgan fingerprint density at radius 3 is 2.75 bits per heavy atom. The highest BCUT2D eigenvalue weighted by Crippen LogP contribution is 2.26. The largest absolute Gasteiger partial charge is 0.508 e. The molecule has 2 N–H and O–H groups in total. The first kappa shape index (κ1) is 12.2. The molecule has 20 heavy (non-hydrogen) atoms. The van der Waals surface area contributed by atoms with Gasteiger partial charge in [-0.3, -0.25) is 4.40 Å². The smallest absolute Gasteiger partial charge is 0.356 e. The van der Waals surface area contributed by atoms with Crippen molar-refractivity contribution in [2.24, 2.45) is 0 Å². The third-order valence-electron chi connectivity index (χ3n) is 3.17. The van der Waals surface area contributed by atoms with Gasteiger partial charge in [0.1, 0.15) is 11.6 Å². The highest BCUT2D eigenvalue weighted by Gasteiger charge is 2.19. The molecule has 0 amide bonds. The average molecular weight is 268 g/mol. The van der Waals surface area contributed by atoms with Gasteiger partial charge in [0.2, 0.25) is 0 Å². The number of aromatic hydroxyl groups is 1. The zero-order valence-electron chi connectivity index (χ0n) is 10.7. The molecule has 0 aliphatic heterocycles. The molecule has 5 heteroatoms. The number of pyridine rings is 1. The molecule has 0 unspecified atom stereocenters. The number of hydrogen-bond donors (Lipinski definition) is 2. The number of nitrogens with zero attached hydrogens (tertiary/aromatic N) is 2. The van der Waals surface area contributed by atoms with Crippen molar-refractivity contribution in [3.63, 3.8) is 0 Å². The predicted octanol–water partition coefficient (Wildman–Crippen LogP) is 2.71. The molecule has 3 aromatic rings. The molecular formula is C15H12N2O3. The van der Waals surface area contributed by atoms with Crippen molar-refractivity contribution in [3.05, 3.63) is 53.9 Å². The van der Waals surface area contributed by atoms with Gasteiger partial charge in [-0.25, -0.2) is 9.78 Å². The minimum Gasteiger partial charge on any atom is -0.508 e. The second-order valence-corrected chi connectivity index (χ2v) is 4.55. The lowest BCUT2D eigenvalue weighted by Crippen LogP contribution is -1.98. The van der Waals surface area contributed by atoms with Crippen LogP contribution in [0.25, 0.3) is 16.9 Å². The van der Waals surface area contributed by atoms with E-state index < -0.39 is 5.97 Å². The molecule has 0 atom stereocenters. The van der Waals surface area contributed by atoms with E-state index in [1.165, 1.54) is 0 Å². The first-order valence-corrected chi connectivity index (χ1v) is 6.08. The van der Waals surface area contributed by atoms with Gasteiger partial charge in [0.05, 0.1) is 5.52 Å². The maximum Gasteiger partial charge on any atom is 0.356 e. The van der Waals surface area contributed by atoms with Gasteiger partial charge in [-0.1, -0.05) is 18.2 Å². The maximum atomic E-state index is 11.4. The van der Waals surface area contributed by atoms with Gasteiger partial charge in [-0.2, -0.15) is 0 Å². The van der Waals surface area contributed by atoms with E-state index in [2.05, 4.69) is 4.98 Å². The minimum atomic E-state index is -1.07. The van der Waals surface area contributed by atoms with Gasteiger partial charge in [0.15, 0.2) is 5.69 Å². The molecule has 2 aromatic heterocycles. The quantitative estimate of drug-likeness (QED) is 0.749. The number of benzene rings is 1. The van der Waals surface area contributed by atoms with E-state index in [1.54, 1.807) is 34.9 Å². The highest BCUT2D eigenvalue weighted by atomic mass is 16.4. The van der Waals surface area contributed by atoms with E-state index in [9.17, 15) is 15.0 Å². The van der Waals surface area contributed by atoms with Crippen molar-refractivity contribution < 1.29 is 15.0 Å². The van der Waals surface area contributed by atoms with Crippen molar-refractivity contribution >= 4 is 11.5 Å². The summed E-state index contributed by atoms with van der Waals surface area (Å²) in [6, 6.07) is 10.3. The number of imidazole rings is 1. The Hall–Kier alpha value is -2.82. The SMILES string of the molecule is Cc1cccn2c(-c3cccc(O)c3)nc(C(=O)O)c12. The Bertz CT molecular complexity index is 821. The number of carboxylic acids is 1. The summed E-state index contributed by atoms with van der Waals surface area (Å²) in [4.78, 5) is 15.6. The fourth-order valence-corrected chi connectivity index (χ4v) is 2.30. The zero-order valence-corrected chi connectivity index (χ0v) is 10.7. The van der Waals surface area contributed by atoms with Crippen LogP contribution in [0.2, 0.25) is 0 Å². The van der Waals surface area contributed by atoms with Crippen molar-refractivity contribution in [2.45, 2.75) is 6.92 Å². The van der Waals surface area contributed by atoms with Gasteiger partial charge in [0, 0.05) is 11.8 Å². The van der Waals surface area contributed by atoms with Crippen LogP contribution in [0.4, 0.5) is 0 Å². The molecule has 0 saturated heterocycles. The number of aromatic carboxylic acids is 1. The van der Waals surface area contributed by atoms with Crippen LogP contribution in [0.15, 0.2) is 42.6 Å². The third kappa shape index (κ3) is 1.80. The van der Waals surface area contributed by atoms with Gasteiger partial charge < -0.3 is 10.2 Å². The zero-order chi connectivity index (χ0) is 14.3. The van der Waals surface area contributed by atoms with Crippen molar-refractivity contribution in [1.29, 1.82) is 0 Å². The summed E-state index contributed by atoms with van der Waals surface area (Å²) in [5.41, 5.74) is 2.08. The predicted molar refractivity (Wildman–Crippen MR) is 74.0 cm³/mol. The number of hydrogen-bond acceptors (Lipinski definition) is 3. The Morgan fingerprint density at radius 2 is 2.05 bits per heavy atom. The van der Waals surface area contributed by atoms with E-state index in [4.69, 9.17) is 0 Å². The maximum absolute atomic E-state index is 11.4. The molecule has 2 heterocycles. The van der Waals surface area contributed by atoms with Gasteiger partial charge in [0.25, 0.3) is 0 Å². The van der Waals surface area contributed by atoms with Crippen molar-refractivity contribution in [2.75, 3.05) is 0 Å².